The molecule has 28 heavy (non-hydrogen) atoms. The van der Waals surface area contributed by atoms with Crippen molar-refractivity contribution in [2.24, 2.45) is 0 Å². The molecule has 5 rings (SSSR count). The monoisotopic (exact) mass is 372 g/mol. The lowest BCUT2D eigenvalue weighted by molar-refractivity contribution is 0.197. The Morgan fingerprint density at radius 1 is 1.07 bits per heavy atom. The first kappa shape index (κ1) is 16.9. The van der Waals surface area contributed by atoms with E-state index in [0.29, 0.717) is 5.88 Å². The molecule has 6 nitrogen and oxygen atoms in total. The molecule has 0 radical (unpaired) electrons. The molecule has 0 unspecified atom stereocenters. The van der Waals surface area contributed by atoms with Crippen LogP contribution < -0.4 is 4.74 Å². The van der Waals surface area contributed by atoms with Crippen molar-refractivity contribution in [2.45, 2.75) is 18.9 Å². The number of aromatic nitrogens is 4. The van der Waals surface area contributed by atoms with Crippen LogP contribution in [-0.2, 0) is 6.42 Å². The number of ether oxygens (including phenoxy) is 1. The maximum atomic E-state index is 8.94. The number of pyridine rings is 2. The number of fused-ring (bicyclic) bond motifs is 3. The Kier molecular flexibility index (Phi) is 4.25. The van der Waals surface area contributed by atoms with Gasteiger partial charge in [-0.15, -0.1) is 0 Å². The highest BCUT2D eigenvalue weighted by Crippen LogP contribution is 2.35. The highest BCUT2D eigenvalue weighted by Gasteiger charge is 2.27. The number of hydrogen-bond acceptors (Lipinski definition) is 5. The average Bonchev–Trinajstić information content (AvgIpc) is 3.32. The van der Waals surface area contributed by atoms with Crippen LogP contribution in [0.3, 0.4) is 0 Å². The minimum atomic E-state index is -0.0427. The summed E-state index contributed by atoms with van der Waals surface area (Å²) in [6.07, 6.45) is 3.70. The lowest BCUT2D eigenvalue weighted by Crippen LogP contribution is -2.06. The molecule has 0 spiro atoms. The first-order chi connectivity index (χ1) is 13.8. The summed E-state index contributed by atoms with van der Waals surface area (Å²) in [5, 5.41) is 8.94. The van der Waals surface area contributed by atoms with Gasteiger partial charge in [-0.3, -0.25) is 0 Å². The van der Waals surface area contributed by atoms with Crippen molar-refractivity contribution >= 4 is 11.2 Å². The van der Waals surface area contributed by atoms with Gasteiger partial charge in [-0.25, -0.2) is 15.0 Å². The Bertz CT molecular complexity index is 1120. The molecule has 0 bridgehead atoms. The molecule has 6 heteroatoms. The zero-order valence-electron chi connectivity index (χ0n) is 15.3. The Balaban J connectivity index is 1.57. The van der Waals surface area contributed by atoms with Gasteiger partial charge in [0.15, 0.2) is 5.65 Å². The molecule has 0 amide bonds. The third-order valence-electron chi connectivity index (χ3n) is 5.12. The Labute approximate surface area is 162 Å². The predicted molar refractivity (Wildman–Crippen MR) is 106 cm³/mol. The molecule has 140 valence electrons. The van der Waals surface area contributed by atoms with Crippen LogP contribution in [0.5, 0.6) is 5.88 Å². The molecular weight excluding hydrogens is 352 g/mol. The molecule has 1 aliphatic rings. The highest BCUT2D eigenvalue weighted by atomic mass is 16.5. The molecule has 0 saturated heterocycles. The molecule has 0 saturated carbocycles. The number of aliphatic hydroxyl groups excluding tert-OH is 1. The van der Waals surface area contributed by atoms with Gasteiger partial charge < -0.3 is 14.4 Å². The molecule has 0 aliphatic carbocycles. The largest absolute Gasteiger partial charge is 0.475 e. The summed E-state index contributed by atoms with van der Waals surface area (Å²) in [5.41, 5.74) is 4.90. The summed E-state index contributed by atoms with van der Waals surface area (Å²) in [5.74, 6) is 1.57. The Hall–Kier alpha value is -3.25. The fraction of sp³-hybridized carbons (Fsp3) is 0.227. The standard InChI is InChI=1S/C22H20N4O2/c27-12-13-28-21-14-16(10-11-23-21)17-6-7-18-22(25-17)26-19(8-9-20(26)24-18)15-4-2-1-3-5-15/h1-7,10-11,14,19,27H,8-9,12-13H2/t19-/m1/s1. The van der Waals surface area contributed by atoms with Gasteiger partial charge in [-0.1, -0.05) is 30.3 Å². The van der Waals surface area contributed by atoms with Gasteiger partial charge in [0.2, 0.25) is 5.88 Å². The lowest BCUT2D eigenvalue weighted by Gasteiger charge is -2.14. The summed E-state index contributed by atoms with van der Waals surface area (Å²) < 4.78 is 7.71. The van der Waals surface area contributed by atoms with E-state index < -0.39 is 0 Å². The summed E-state index contributed by atoms with van der Waals surface area (Å²) in [7, 11) is 0. The molecule has 4 heterocycles. The van der Waals surface area contributed by atoms with Gasteiger partial charge in [0.25, 0.3) is 0 Å². The maximum absolute atomic E-state index is 8.94. The smallest absolute Gasteiger partial charge is 0.213 e. The zero-order chi connectivity index (χ0) is 18.9. The zero-order valence-corrected chi connectivity index (χ0v) is 15.3. The SMILES string of the molecule is OCCOc1cc(-c2ccc3nc4n(c3n2)[C@@H](c2ccccc2)CC4)ccn1. The number of hydrogen-bond donors (Lipinski definition) is 1. The van der Waals surface area contributed by atoms with E-state index in [9.17, 15) is 0 Å². The second kappa shape index (κ2) is 7.05. The fourth-order valence-corrected chi connectivity index (χ4v) is 3.87. The minimum Gasteiger partial charge on any atom is -0.475 e. The van der Waals surface area contributed by atoms with Gasteiger partial charge >= 0.3 is 0 Å². The van der Waals surface area contributed by atoms with Crippen molar-refractivity contribution in [2.75, 3.05) is 13.2 Å². The third-order valence-corrected chi connectivity index (χ3v) is 5.12. The summed E-state index contributed by atoms with van der Waals surface area (Å²) in [4.78, 5) is 13.9. The lowest BCUT2D eigenvalue weighted by atomic mass is 10.0. The van der Waals surface area contributed by atoms with E-state index >= 15 is 0 Å². The highest BCUT2D eigenvalue weighted by molar-refractivity contribution is 5.77. The first-order valence-electron chi connectivity index (χ1n) is 9.46. The van der Waals surface area contributed by atoms with Gasteiger partial charge in [0, 0.05) is 24.2 Å². The summed E-state index contributed by atoms with van der Waals surface area (Å²) >= 11 is 0. The van der Waals surface area contributed by atoms with Gasteiger partial charge in [0.1, 0.15) is 17.9 Å². The van der Waals surface area contributed by atoms with E-state index in [2.05, 4.69) is 33.8 Å². The summed E-state index contributed by atoms with van der Waals surface area (Å²) in [6, 6.07) is 18.6. The molecule has 0 fully saturated rings. The second-order valence-corrected chi connectivity index (χ2v) is 6.86. The van der Waals surface area contributed by atoms with Crippen LogP contribution in [-0.4, -0.2) is 37.8 Å². The van der Waals surface area contributed by atoms with Crippen molar-refractivity contribution < 1.29 is 9.84 Å². The number of aryl methyl sites for hydroxylation is 1. The second-order valence-electron chi connectivity index (χ2n) is 6.86. The van der Waals surface area contributed by atoms with Crippen molar-refractivity contribution in [3.63, 3.8) is 0 Å². The van der Waals surface area contributed by atoms with Gasteiger partial charge in [0.05, 0.1) is 18.3 Å². The molecule has 1 aromatic carbocycles. The fourth-order valence-electron chi connectivity index (χ4n) is 3.87. The number of rotatable bonds is 5. The van der Waals surface area contributed by atoms with Crippen LogP contribution >= 0.6 is 0 Å². The number of nitrogens with zero attached hydrogens (tertiary/aromatic N) is 4. The van der Waals surface area contributed by atoms with E-state index in [1.165, 1.54) is 5.56 Å². The van der Waals surface area contributed by atoms with Crippen LogP contribution in [0.4, 0.5) is 0 Å². The molecular formula is C22H20N4O2. The van der Waals surface area contributed by atoms with Crippen molar-refractivity contribution in [3.05, 3.63) is 72.2 Å². The quantitative estimate of drug-likeness (QED) is 0.581. The molecule has 4 aromatic rings. The van der Waals surface area contributed by atoms with Crippen LogP contribution in [0.25, 0.3) is 22.4 Å². The molecule has 1 atom stereocenters. The maximum Gasteiger partial charge on any atom is 0.213 e. The Morgan fingerprint density at radius 3 is 2.82 bits per heavy atom. The number of aliphatic hydroxyl groups is 1. The normalized spacial score (nSPS) is 15.7. The van der Waals surface area contributed by atoms with E-state index in [4.69, 9.17) is 19.8 Å². The number of benzene rings is 1. The van der Waals surface area contributed by atoms with E-state index in [1.807, 2.05) is 30.3 Å². The average molecular weight is 372 g/mol. The predicted octanol–water partition coefficient (Wildman–Crippen LogP) is 3.40. The molecule has 3 aromatic heterocycles. The topological polar surface area (TPSA) is 73.1 Å². The van der Waals surface area contributed by atoms with Crippen LogP contribution in [0.15, 0.2) is 60.8 Å². The van der Waals surface area contributed by atoms with Crippen LogP contribution in [0, 0.1) is 0 Å². The van der Waals surface area contributed by atoms with Crippen LogP contribution in [0.1, 0.15) is 23.9 Å². The van der Waals surface area contributed by atoms with E-state index in [0.717, 1.165) is 41.1 Å². The van der Waals surface area contributed by atoms with Crippen LogP contribution in [0.2, 0.25) is 0 Å². The third kappa shape index (κ3) is 2.92. The van der Waals surface area contributed by atoms with Crippen molar-refractivity contribution in [1.82, 2.24) is 19.5 Å². The van der Waals surface area contributed by atoms with Crippen molar-refractivity contribution in [1.29, 1.82) is 0 Å². The summed E-state index contributed by atoms with van der Waals surface area (Å²) in [6.45, 7) is 0.177. The van der Waals surface area contributed by atoms with Gasteiger partial charge in [-0.2, -0.15) is 0 Å². The van der Waals surface area contributed by atoms with Gasteiger partial charge in [-0.05, 0) is 30.2 Å². The van der Waals surface area contributed by atoms with E-state index in [1.54, 1.807) is 6.20 Å². The van der Waals surface area contributed by atoms with E-state index in [-0.39, 0.29) is 19.3 Å². The number of imidazole rings is 1. The van der Waals surface area contributed by atoms with Crippen molar-refractivity contribution in [3.8, 4) is 17.1 Å². The Morgan fingerprint density at radius 2 is 1.96 bits per heavy atom. The minimum absolute atomic E-state index is 0.0427. The molecule has 1 aliphatic heterocycles. The molecule has 1 N–H and O–H groups in total. The first-order valence-corrected chi connectivity index (χ1v) is 9.46.